The highest BCUT2D eigenvalue weighted by Gasteiger charge is 2.63. The molecule has 2 aliphatic carbocycles. The smallest absolute Gasteiger partial charge is 0.437 e. The number of benzene rings is 1. The number of alkyl halides is 3. The largest absolute Gasteiger partial charge is 0.483 e. The zero-order chi connectivity index (χ0) is 42.1. The van der Waals surface area contributed by atoms with Gasteiger partial charge in [-0.3, -0.25) is 23.9 Å². The monoisotopic (exact) mass is 849 g/mol. The number of rotatable bonds is 6. The van der Waals surface area contributed by atoms with E-state index in [0.29, 0.717) is 42.5 Å². The first-order valence-corrected chi connectivity index (χ1v) is 22.0. The molecule has 7 rings (SSSR count). The van der Waals surface area contributed by atoms with E-state index < -0.39 is 91.3 Å². The van der Waals surface area contributed by atoms with Crippen molar-refractivity contribution in [2.45, 2.75) is 134 Å². The quantitative estimate of drug-likeness (QED) is 0.229. The van der Waals surface area contributed by atoms with Gasteiger partial charge < -0.3 is 14.4 Å². The number of ether oxygens (including phenoxy) is 2. The summed E-state index contributed by atoms with van der Waals surface area (Å²) >= 11 is 6.27. The van der Waals surface area contributed by atoms with E-state index in [1.807, 2.05) is 32.9 Å². The molecule has 11 nitrogen and oxygen atoms in total. The van der Waals surface area contributed by atoms with Crippen molar-refractivity contribution in [3.8, 4) is 5.75 Å². The highest BCUT2D eigenvalue weighted by atomic mass is 35.5. The van der Waals surface area contributed by atoms with Gasteiger partial charge in [-0.25, -0.2) is 13.4 Å². The Bertz CT molecular complexity index is 2170. The molecule has 316 valence electrons. The Morgan fingerprint density at radius 1 is 1.09 bits per heavy atom. The summed E-state index contributed by atoms with van der Waals surface area (Å²) in [6.07, 6.45) is 2.30. The maximum atomic E-state index is 14.8. The number of hydrogen-bond donors (Lipinski definition) is 1. The SMILES string of the molecule is CC(C)(C)COC(=O)C[C@H]1CCCCC/C=C\[C@@H]2C[C@@]2(C(=O)NS(=O)(=O)C2(C)CC2)CC(=O)[C@@H]2C[C@]3(CCc4c(c(C(F)(F)F)nc5ccc(Cl)cc45)O3)CN2C1=O. The number of ketones is 1. The van der Waals surface area contributed by atoms with Gasteiger partial charge in [-0.1, -0.05) is 57.4 Å². The number of amides is 2. The number of aromatic nitrogens is 1. The van der Waals surface area contributed by atoms with Crippen molar-refractivity contribution in [1.29, 1.82) is 0 Å². The molecule has 1 aromatic heterocycles. The Labute approximate surface area is 341 Å². The molecular formula is C42H51ClF3N3O8S. The summed E-state index contributed by atoms with van der Waals surface area (Å²) in [6, 6.07) is 3.17. The number of aryl methyl sites for hydroxylation is 1. The topological polar surface area (TPSA) is 149 Å². The van der Waals surface area contributed by atoms with Crippen molar-refractivity contribution >= 4 is 56.1 Å². The number of fused-ring (bicyclic) bond motifs is 5. The molecule has 1 spiro atoms. The molecule has 1 saturated heterocycles. The molecule has 58 heavy (non-hydrogen) atoms. The van der Waals surface area contributed by atoms with Gasteiger partial charge >= 0.3 is 12.1 Å². The second-order valence-corrected chi connectivity index (χ2v) is 21.2. The van der Waals surface area contributed by atoms with Crippen LogP contribution in [0.4, 0.5) is 13.2 Å². The van der Waals surface area contributed by atoms with Gasteiger partial charge in [0.05, 0.1) is 41.3 Å². The summed E-state index contributed by atoms with van der Waals surface area (Å²) in [4.78, 5) is 62.0. The molecule has 4 heterocycles. The van der Waals surface area contributed by atoms with Gasteiger partial charge in [0, 0.05) is 34.7 Å². The fourth-order valence-electron chi connectivity index (χ4n) is 8.72. The van der Waals surface area contributed by atoms with Gasteiger partial charge in [0.1, 0.15) is 5.60 Å². The molecule has 16 heteroatoms. The number of hydrogen-bond acceptors (Lipinski definition) is 9. The third kappa shape index (κ3) is 8.49. The molecule has 0 radical (unpaired) electrons. The number of sulfonamides is 1. The molecule has 0 bridgehead atoms. The predicted octanol–water partition coefficient (Wildman–Crippen LogP) is 7.65. The number of nitrogens with one attached hydrogen (secondary N) is 1. The zero-order valence-corrected chi connectivity index (χ0v) is 34.9. The lowest BCUT2D eigenvalue weighted by Crippen LogP contribution is -2.48. The van der Waals surface area contributed by atoms with E-state index in [0.717, 1.165) is 12.8 Å². The Kier molecular flexibility index (Phi) is 11.0. The molecule has 3 fully saturated rings. The zero-order valence-electron chi connectivity index (χ0n) is 33.3. The van der Waals surface area contributed by atoms with Crippen LogP contribution in [0.2, 0.25) is 5.02 Å². The summed E-state index contributed by atoms with van der Waals surface area (Å²) in [5.74, 6) is -4.26. The van der Waals surface area contributed by atoms with Crippen molar-refractivity contribution in [3.05, 3.63) is 46.6 Å². The molecule has 2 aromatic rings. The lowest BCUT2D eigenvalue weighted by Gasteiger charge is -2.37. The maximum Gasteiger partial charge on any atom is 0.437 e. The van der Waals surface area contributed by atoms with Gasteiger partial charge in [0.2, 0.25) is 21.8 Å². The minimum atomic E-state index is -4.91. The first-order valence-electron chi connectivity index (χ1n) is 20.2. The lowest BCUT2D eigenvalue weighted by molar-refractivity contribution is -0.152. The second kappa shape index (κ2) is 15.1. The van der Waals surface area contributed by atoms with Crippen LogP contribution in [0.1, 0.15) is 116 Å². The van der Waals surface area contributed by atoms with Crippen molar-refractivity contribution in [1.82, 2.24) is 14.6 Å². The summed E-state index contributed by atoms with van der Waals surface area (Å²) in [6.45, 7) is 7.14. The number of pyridine rings is 1. The molecule has 1 N–H and O–H groups in total. The minimum absolute atomic E-state index is 0.0926. The van der Waals surface area contributed by atoms with Crippen molar-refractivity contribution in [3.63, 3.8) is 0 Å². The van der Waals surface area contributed by atoms with Crippen LogP contribution in [0.15, 0.2) is 30.4 Å². The molecule has 2 saturated carbocycles. The average Bonchev–Trinajstić information content (AvgIpc) is 4.03. The number of esters is 1. The van der Waals surface area contributed by atoms with E-state index in [2.05, 4.69) is 9.71 Å². The molecule has 2 amide bonds. The van der Waals surface area contributed by atoms with Crippen LogP contribution < -0.4 is 9.46 Å². The van der Waals surface area contributed by atoms with Crippen molar-refractivity contribution in [2.75, 3.05) is 13.2 Å². The third-order valence-electron chi connectivity index (χ3n) is 12.6. The summed E-state index contributed by atoms with van der Waals surface area (Å²) in [5, 5.41) is 0.701. The second-order valence-electron chi connectivity index (χ2n) is 18.6. The van der Waals surface area contributed by atoms with E-state index in [1.54, 1.807) is 6.92 Å². The van der Waals surface area contributed by atoms with Gasteiger partial charge in [-0.2, -0.15) is 13.2 Å². The molecule has 3 aliphatic heterocycles. The summed E-state index contributed by atoms with van der Waals surface area (Å²) < 4.78 is 83.7. The number of carbonyl (C=O) groups is 4. The van der Waals surface area contributed by atoms with E-state index in [-0.39, 0.29) is 61.8 Å². The Morgan fingerprint density at radius 3 is 2.52 bits per heavy atom. The highest BCUT2D eigenvalue weighted by molar-refractivity contribution is 7.91. The van der Waals surface area contributed by atoms with Gasteiger partial charge in [-0.15, -0.1) is 0 Å². The Hall–Kier alpha value is -3.72. The van der Waals surface area contributed by atoms with Crippen LogP contribution in [0, 0.1) is 22.7 Å². The molecule has 1 aromatic carbocycles. The fourth-order valence-corrected chi connectivity index (χ4v) is 10.2. The number of Topliss-reactive ketones (excluding diaryl/α,β-unsaturated/α-hetero) is 1. The number of halogens is 4. The van der Waals surface area contributed by atoms with E-state index in [1.165, 1.54) is 23.1 Å². The minimum Gasteiger partial charge on any atom is -0.483 e. The first-order chi connectivity index (χ1) is 27.1. The fraction of sp³-hybridized carbons (Fsp3) is 0.643. The Balaban J connectivity index is 1.26. The van der Waals surface area contributed by atoms with Gasteiger partial charge in [-0.05, 0) is 87.8 Å². The van der Waals surface area contributed by atoms with E-state index in [9.17, 15) is 40.8 Å². The van der Waals surface area contributed by atoms with Crippen LogP contribution >= 0.6 is 11.6 Å². The van der Waals surface area contributed by atoms with Crippen LogP contribution in [-0.2, 0) is 46.5 Å². The standard InChI is InChI=1S/C42H51ClF3N3O8S/c1-38(2,3)24-56-33(51)18-25-10-8-6-5-7-9-11-26-20-41(26,37(53)48-58(54,55)39(4)16-17-39)22-32(50)31-21-40(23-49(31)36(25)52)15-14-28-29-19-27(43)12-13-30(29)47-35(34(28)57-40)42(44,45)46/h9,11-13,19,25-26,31H,5-8,10,14-18,20-24H2,1-4H3,(H,48,53)/b11-9-/t25-,26-,31+,40-,41-/m1/s1. The van der Waals surface area contributed by atoms with Crippen LogP contribution in [0.5, 0.6) is 5.75 Å². The molecule has 5 atom stereocenters. The van der Waals surface area contributed by atoms with E-state index >= 15 is 0 Å². The maximum absolute atomic E-state index is 14.8. The molecular weight excluding hydrogens is 799 g/mol. The Morgan fingerprint density at radius 2 is 1.83 bits per heavy atom. The van der Waals surface area contributed by atoms with Crippen molar-refractivity contribution < 1.29 is 50.2 Å². The van der Waals surface area contributed by atoms with Gasteiger partial charge in [0.15, 0.2) is 17.2 Å². The van der Waals surface area contributed by atoms with Crippen LogP contribution in [-0.4, -0.2) is 71.4 Å². The molecule has 0 unspecified atom stereocenters. The van der Waals surface area contributed by atoms with Crippen LogP contribution in [0.25, 0.3) is 10.9 Å². The third-order valence-corrected chi connectivity index (χ3v) is 15.0. The van der Waals surface area contributed by atoms with Crippen molar-refractivity contribution in [2.24, 2.45) is 22.7 Å². The normalized spacial score (nSPS) is 29.3. The summed E-state index contributed by atoms with van der Waals surface area (Å²) in [5.41, 5.74) is -4.07. The first kappa shape index (κ1) is 42.4. The predicted molar refractivity (Wildman–Crippen MR) is 209 cm³/mol. The molecule has 5 aliphatic rings. The number of allylic oxidation sites excluding steroid dienone is 2. The number of nitrogens with zero attached hydrogens (tertiary/aromatic N) is 2. The highest BCUT2D eigenvalue weighted by Crippen LogP contribution is 2.58. The summed E-state index contributed by atoms with van der Waals surface area (Å²) in [7, 11) is -4.04. The van der Waals surface area contributed by atoms with E-state index in [4.69, 9.17) is 21.1 Å². The lowest BCUT2D eigenvalue weighted by atomic mass is 9.85. The van der Waals surface area contributed by atoms with Crippen LogP contribution in [0.3, 0.4) is 0 Å². The average molecular weight is 850 g/mol. The number of carbonyl (C=O) groups excluding carboxylic acids is 4. The van der Waals surface area contributed by atoms with Gasteiger partial charge in [0.25, 0.3) is 0 Å².